The maximum atomic E-state index is 13.5. The summed E-state index contributed by atoms with van der Waals surface area (Å²) in [5, 5.41) is 20.5. The van der Waals surface area contributed by atoms with Crippen molar-refractivity contribution >= 4 is 33.5 Å². The fraction of sp³-hybridized carbons (Fsp3) is 0.480. The van der Waals surface area contributed by atoms with Gasteiger partial charge in [0.1, 0.15) is 12.3 Å². The van der Waals surface area contributed by atoms with E-state index >= 15 is 0 Å². The maximum Gasteiger partial charge on any atom is 0.323 e. The van der Waals surface area contributed by atoms with Crippen molar-refractivity contribution in [3.05, 3.63) is 50.8 Å². The van der Waals surface area contributed by atoms with E-state index in [1.807, 2.05) is 27.7 Å². The SMILES string of the molecule is CC1(C)CC(=O)C2=C(C1)N(CC(=O)O)C1=C(C(=O)CC(C)(C)C1)C2c1cc(Br)ccc1O. The number of phenols is 1. The number of rotatable bonds is 3. The van der Waals surface area contributed by atoms with Crippen LogP contribution in [-0.4, -0.2) is 39.2 Å². The van der Waals surface area contributed by atoms with Gasteiger partial charge >= 0.3 is 5.97 Å². The summed E-state index contributed by atoms with van der Waals surface area (Å²) in [5.74, 6) is -1.90. The predicted octanol–water partition coefficient (Wildman–Crippen LogP) is 4.92. The Kier molecular flexibility index (Phi) is 5.39. The molecule has 1 heterocycles. The van der Waals surface area contributed by atoms with Crippen molar-refractivity contribution in [2.45, 2.75) is 59.3 Å². The molecule has 0 saturated heterocycles. The van der Waals surface area contributed by atoms with Gasteiger partial charge in [-0.05, 0) is 41.9 Å². The van der Waals surface area contributed by atoms with E-state index in [-0.39, 0.29) is 34.7 Å². The van der Waals surface area contributed by atoms with Crippen LogP contribution in [0.5, 0.6) is 5.75 Å². The third-order valence-electron chi connectivity index (χ3n) is 6.62. The van der Waals surface area contributed by atoms with Crippen molar-refractivity contribution in [3.63, 3.8) is 0 Å². The van der Waals surface area contributed by atoms with Gasteiger partial charge in [-0.15, -0.1) is 0 Å². The van der Waals surface area contributed by atoms with Crippen molar-refractivity contribution in [2.75, 3.05) is 6.54 Å². The summed E-state index contributed by atoms with van der Waals surface area (Å²) in [4.78, 5) is 40.6. The number of carbonyl (C=O) groups is 3. The Hall–Kier alpha value is -2.41. The number of aliphatic carboxylic acids is 1. The molecule has 32 heavy (non-hydrogen) atoms. The van der Waals surface area contributed by atoms with E-state index in [0.29, 0.717) is 53.8 Å². The zero-order chi connectivity index (χ0) is 23.6. The summed E-state index contributed by atoms with van der Waals surface area (Å²) in [6, 6.07) is 5.01. The highest BCUT2D eigenvalue weighted by Gasteiger charge is 2.49. The Morgan fingerprint density at radius 2 is 1.50 bits per heavy atom. The quantitative estimate of drug-likeness (QED) is 0.609. The molecule has 0 radical (unpaired) electrons. The van der Waals surface area contributed by atoms with E-state index in [0.717, 1.165) is 4.47 Å². The van der Waals surface area contributed by atoms with E-state index < -0.39 is 11.9 Å². The lowest BCUT2D eigenvalue weighted by Crippen LogP contribution is -2.45. The van der Waals surface area contributed by atoms with Crippen molar-refractivity contribution in [1.29, 1.82) is 0 Å². The number of halogens is 1. The van der Waals surface area contributed by atoms with Crippen LogP contribution in [0, 0.1) is 10.8 Å². The molecule has 2 aliphatic carbocycles. The van der Waals surface area contributed by atoms with Crippen LogP contribution in [0.25, 0.3) is 0 Å². The second-order valence-electron chi connectivity index (χ2n) is 10.7. The molecule has 0 amide bonds. The van der Waals surface area contributed by atoms with Crippen LogP contribution in [0.2, 0.25) is 0 Å². The van der Waals surface area contributed by atoms with Crippen molar-refractivity contribution in [1.82, 2.24) is 4.90 Å². The van der Waals surface area contributed by atoms with Gasteiger partial charge in [0, 0.05) is 51.3 Å². The van der Waals surface area contributed by atoms with E-state index in [2.05, 4.69) is 15.9 Å². The third-order valence-corrected chi connectivity index (χ3v) is 7.11. The van der Waals surface area contributed by atoms with Gasteiger partial charge in [0.2, 0.25) is 0 Å². The van der Waals surface area contributed by atoms with Crippen LogP contribution in [0.4, 0.5) is 0 Å². The Labute approximate surface area is 196 Å². The summed E-state index contributed by atoms with van der Waals surface area (Å²) in [6.07, 6.45) is 1.66. The first kappa shape index (κ1) is 22.8. The van der Waals surface area contributed by atoms with E-state index in [9.17, 15) is 24.6 Å². The fourth-order valence-electron chi connectivity index (χ4n) is 5.44. The lowest BCUT2D eigenvalue weighted by molar-refractivity contribution is -0.138. The number of hydrogen-bond acceptors (Lipinski definition) is 5. The van der Waals surface area contributed by atoms with Crippen LogP contribution in [0.15, 0.2) is 45.2 Å². The molecule has 0 fully saturated rings. The molecule has 170 valence electrons. The third kappa shape index (κ3) is 3.91. The monoisotopic (exact) mass is 501 g/mol. The predicted molar refractivity (Wildman–Crippen MR) is 123 cm³/mol. The van der Waals surface area contributed by atoms with Crippen LogP contribution in [0.3, 0.4) is 0 Å². The summed E-state index contributed by atoms with van der Waals surface area (Å²) >= 11 is 3.45. The maximum absolute atomic E-state index is 13.5. The lowest BCUT2D eigenvalue weighted by Gasteiger charge is -2.48. The van der Waals surface area contributed by atoms with Gasteiger partial charge in [-0.3, -0.25) is 14.4 Å². The fourth-order valence-corrected chi connectivity index (χ4v) is 5.82. The number of allylic oxidation sites excluding steroid dienone is 4. The zero-order valence-corrected chi connectivity index (χ0v) is 20.4. The van der Waals surface area contributed by atoms with Gasteiger partial charge in [0.25, 0.3) is 0 Å². The highest BCUT2D eigenvalue weighted by Crippen LogP contribution is 2.55. The first-order valence-electron chi connectivity index (χ1n) is 10.8. The number of aromatic hydroxyl groups is 1. The largest absolute Gasteiger partial charge is 0.508 e. The number of hydrogen-bond donors (Lipinski definition) is 2. The second-order valence-corrected chi connectivity index (χ2v) is 11.6. The Morgan fingerprint density at radius 3 is 1.97 bits per heavy atom. The molecule has 1 aromatic carbocycles. The second kappa shape index (κ2) is 7.58. The lowest BCUT2D eigenvalue weighted by atomic mass is 9.63. The van der Waals surface area contributed by atoms with Crippen LogP contribution in [-0.2, 0) is 14.4 Å². The molecule has 0 unspecified atom stereocenters. The Morgan fingerprint density at radius 1 is 1.00 bits per heavy atom. The zero-order valence-electron chi connectivity index (χ0n) is 18.8. The molecule has 4 rings (SSSR count). The molecule has 6 nitrogen and oxygen atoms in total. The molecule has 0 aromatic heterocycles. The minimum absolute atomic E-state index is 0.0128. The average molecular weight is 502 g/mol. The van der Waals surface area contributed by atoms with Gasteiger partial charge in [-0.25, -0.2) is 0 Å². The highest BCUT2D eigenvalue weighted by molar-refractivity contribution is 9.10. The number of Topliss-reactive ketones (excluding diaryl/α,β-unsaturated/α-hetero) is 2. The number of benzene rings is 1. The molecule has 1 aliphatic heterocycles. The van der Waals surface area contributed by atoms with Gasteiger partial charge in [-0.1, -0.05) is 43.6 Å². The first-order valence-corrected chi connectivity index (χ1v) is 11.6. The van der Waals surface area contributed by atoms with Crippen molar-refractivity contribution < 1.29 is 24.6 Å². The minimum Gasteiger partial charge on any atom is -0.508 e. The van der Waals surface area contributed by atoms with Gasteiger partial charge in [-0.2, -0.15) is 0 Å². The highest BCUT2D eigenvalue weighted by atomic mass is 79.9. The first-order chi connectivity index (χ1) is 14.8. The number of carbonyl (C=O) groups excluding carboxylic acids is 2. The number of nitrogens with zero attached hydrogens (tertiary/aromatic N) is 1. The van der Waals surface area contributed by atoms with Gasteiger partial charge in [0.15, 0.2) is 11.6 Å². The van der Waals surface area contributed by atoms with Crippen LogP contribution < -0.4 is 0 Å². The minimum atomic E-state index is -1.01. The van der Waals surface area contributed by atoms with E-state index in [4.69, 9.17) is 0 Å². The molecular weight excluding hydrogens is 474 g/mol. The molecule has 2 N–H and O–H groups in total. The molecular formula is C25H28BrNO5. The average Bonchev–Trinajstić information content (AvgIpc) is 2.62. The summed E-state index contributed by atoms with van der Waals surface area (Å²) < 4.78 is 0.731. The van der Waals surface area contributed by atoms with Crippen molar-refractivity contribution in [3.8, 4) is 5.75 Å². The molecule has 0 spiro atoms. The number of carboxylic acid groups (broad SMARTS) is 1. The summed E-state index contributed by atoms with van der Waals surface area (Å²) in [5.41, 5.74) is 2.07. The number of ketones is 2. The number of carboxylic acids is 1. The van der Waals surface area contributed by atoms with E-state index in [1.165, 1.54) is 0 Å². The van der Waals surface area contributed by atoms with Gasteiger partial charge < -0.3 is 15.1 Å². The number of phenolic OH excluding ortho intramolecular Hbond substituents is 1. The molecule has 1 aromatic rings. The Balaban J connectivity index is 2.05. The summed E-state index contributed by atoms with van der Waals surface area (Å²) in [6.45, 7) is 7.69. The normalized spacial score (nSPS) is 22.7. The molecule has 0 bridgehead atoms. The van der Waals surface area contributed by atoms with Gasteiger partial charge in [0.05, 0.1) is 0 Å². The molecule has 3 aliphatic rings. The van der Waals surface area contributed by atoms with Crippen LogP contribution in [0.1, 0.15) is 64.9 Å². The van der Waals surface area contributed by atoms with E-state index in [1.54, 1.807) is 23.1 Å². The van der Waals surface area contributed by atoms with Crippen LogP contribution >= 0.6 is 15.9 Å². The molecule has 0 atom stereocenters. The topological polar surface area (TPSA) is 94.9 Å². The van der Waals surface area contributed by atoms with Crippen molar-refractivity contribution in [2.24, 2.45) is 10.8 Å². The Bertz CT molecular complexity index is 1060. The smallest absolute Gasteiger partial charge is 0.323 e. The molecule has 7 heteroatoms. The summed E-state index contributed by atoms with van der Waals surface area (Å²) in [7, 11) is 0. The molecule has 0 saturated carbocycles. The standard InChI is InChI=1S/C25H28BrNO5/c1-24(2)8-15-22(18(29)10-24)21(14-7-13(26)5-6-17(14)28)23-16(27(15)12-20(31)32)9-25(3,4)11-19(23)30/h5-7,21,28H,8-12H2,1-4H3,(H,31,32).